The number of benzene rings is 1. The number of aliphatic hydroxyl groups is 1. The van der Waals surface area contributed by atoms with Crippen LogP contribution in [0.4, 0.5) is 0 Å². The summed E-state index contributed by atoms with van der Waals surface area (Å²) in [5.74, 6) is -7.66. The van der Waals surface area contributed by atoms with E-state index in [4.69, 9.17) is 24.5 Å². The maximum Gasteiger partial charge on any atom is 0.414 e. The Morgan fingerprint density at radius 2 is 1.84 bits per heavy atom. The zero-order valence-electron chi connectivity index (χ0n) is 28.0. The third-order valence-electron chi connectivity index (χ3n) is 10.4. The lowest BCUT2D eigenvalue weighted by atomic mass is 9.79. The van der Waals surface area contributed by atoms with Crippen LogP contribution in [0.5, 0.6) is 0 Å². The predicted molar refractivity (Wildman–Crippen MR) is 179 cm³/mol. The smallest absolute Gasteiger partial charge is 0.414 e. The predicted octanol–water partition coefficient (Wildman–Crippen LogP) is 2.35. The summed E-state index contributed by atoms with van der Waals surface area (Å²) in [6, 6.07) is 4.76. The number of carbonyl (C=O) groups excluding carboxylic acids is 3. The molecule has 7 rings (SSSR count). The van der Waals surface area contributed by atoms with E-state index in [0.29, 0.717) is 25.9 Å². The van der Waals surface area contributed by atoms with Crippen LogP contribution in [0.3, 0.4) is 0 Å². The highest BCUT2D eigenvalue weighted by Gasteiger charge is 2.72. The van der Waals surface area contributed by atoms with E-state index < -0.39 is 53.4 Å². The molecule has 15 heteroatoms. The van der Waals surface area contributed by atoms with Crippen molar-refractivity contribution in [3.05, 3.63) is 40.0 Å². The summed E-state index contributed by atoms with van der Waals surface area (Å²) in [4.78, 5) is 69.0. The minimum Gasteiger partial charge on any atom is -0.473 e. The van der Waals surface area contributed by atoms with Crippen LogP contribution in [-0.2, 0) is 35.1 Å². The van der Waals surface area contributed by atoms with Crippen molar-refractivity contribution in [1.82, 2.24) is 25.0 Å². The normalized spacial score (nSPS) is 30.5. The van der Waals surface area contributed by atoms with Gasteiger partial charge in [-0.15, -0.1) is 0 Å². The van der Waals surface area contributed by atoms with E-state index in [1.54, 1.807) is 18.7 Å². The average Bonchev–Trinajstić information content (AvgIpc) is 3.71. The number of piperazine rings is 1. The topological polar surface area (TPSA) is 193 Å². The van der Waals surface area contributed by atoms with Crippen LogP contribution < -0.4 is 5.32 Å². The van der Waals surface area contributed by atoms with Gasteiger partial charge in [0.2, 0.25) is 17.5 Å². The molecule has 14 nitrogen and oxygen atoms in total. The van der Waals surface area contributed by atoms with Gasteiger partial charge in [0.25, 0.3) is 11.8 Å². The number of hydrogen-bond donors (Lipinski definition) is 5. The summed E-state index contributed by atoms with van der Waals surface area (Å²) < 4.78 is 7.43. The zero-order valence-corrected chi connectivity index (χ0v) is 29.6. The lowest BCUT2D eigenvalue weighted by Crippen LogP contribution is -2.71. The van der Waals surface area contributed by atoms with Crippen molar-refractivity contribution >= 4 is 62.1 Å². The molecule has 1 aromatic heterocycles. The highest BCUT2D eigenvalue weighted by atomic mass is 79.9. The molecule has 4 aliphatic heterocycles. The first-order chi connectivity index (χ1) is 23.0. The second kappa shape index (κ2) is 12.5. The van der Waals surface area contributed by atoms with Gasteiger partial charge in [0.1, 0.15) is 12.1 Å². The first kappa shape index (κ1) is 35.1. The monoisotopic (exact) mass is 743 g/mol. The fourth-order valence-corrected chi connectivity index (χ4v) is 8.72. The van der Waals surface area contributed by atoms with E-state index in [0.717, 1.165) is 34.1 Å². The van der Waals surface area contributed by atoms with Gasteiger partial charge in [0.15, 0.2) is 0 Å². The molecule has 0 radical (unpaired) electrons. The van der Waals surface area contributed by atoms with Crippen molar-refractivity contribution in [2.24, 2.45) is 17.8 Å². The number of aliphatic carboxylic acids is 2. The van der Waals surface area contributed by atoms with Crippen molar-refractivity contribution in [3.8, 4) is 0 Å². The van der Waals surface area contributed by atoms with E-state index in [1.807, 2.05) is 33.0 Å². The summed E-state index contributed by atoms with van der Waals surface area (Å²) in [5.41, 5.74) is 2.68. The zero-order chi connectivity index (χ0) is 35.7. The quantitative estimate of drug-likeness (QED) is 0.284. The van der Waals surface area contributed by atoms with Crippen LogP contribution in [0, 0.1) is 17.8 Å². The van der Waals surface area contributed by atoms with E-state index in [9.17, 15) is 19.5 Å². The molecule has 3 saturated heterocycles. The first-order valence-corrected chi connectivity index (χ1v) is 17.4. The Kier molecular flexibility index (Phi) is 8.95. The van der Waals surface area contributed by atoms with Crippen LogP contribution >= 0.6 is 15.9 Å². The Bertz CT molecular complexity index is 1760. The molecule has 0 bridgehead atoms. The Morgan fingerprint density at radius 1 is 1.14 bits per heavy atom. The molecule has 0 spiro atoms. The number of halogens is 1. The number of H-pyrrole nitrogens is 1. The number of carboxylic acid groups (broad SMARTS) is 2. The third kappa shape index (κ3) is 5.54. The Morgan fingerprint density at radius 3 is 2.47 bits per heavy atom. The highest BCUT2D eigenvalue weighted by Crippen LogP contribution is 2.49. The van der Waals surface area contributed by atoms with Crippen LogP contribution in [0.15, 0.2) is 28.9 Å². The van der Waals surface area contributed by atoms with Crippen molar-refractivity contribution in [2.45, 2.75) is 83.1 Å². The minimum absolute atomic E-state index is 0.104. The van der Waals surface area contributed by atoms with Crippen LogP contribution in [0.2, 0.25) is 0 Å². The summed E-state index contributed by atoms with van der Waals surface area (Å²) in [5, 5.41) is 31.1. The minimum atomic E-state index is -2.01. The number of carbonyl (C=O) groups is 5. The SMILES string of the molecule is CC(C)C[C@H]1C(=O)N2CCC[C@H]2[C@]2(O)O[C@](NC(=O)[C@@H]3C=C4c5cccc6[nH]c(Br)c(c56)C[C@@H]4N(C)C3)(C(C)C)C(=O)N12.O=C(O)C(=O)O. The highest BCUT2D eigenvalue weighted by molar-refractivity contribution is 9.10. The molecule has 5 heterocycles. The second-order valence-electron chi connectivity index (χ2n) is 14.3. The lowest BCUT2D eigenvalue weighted by molar-refractivity contribution is -0.322. The van der Waals surface area contributed by atoms with Gasteiger partial charge in [0, 0.05) is 36.0 Å². The Hall–Kier alpha value is -3.79. The number of aromatic amines is 1. The number of amides is 3. The maximum absolute atomic E-state index is 14.4. The average molecular weight is 745 g/mol. The number of ether oxygens (including phenoxy) is 1. The fourth-order valence-electron chi connectivity index (χ4n) is 8.15. The number of hydrogen-bond acceptors (Lipinski definition) is 8. The largest absolute Gasteiger partial charge is 0.473 e. The van der Waals surface area contributed by atoms with E-state index >= 15 is 0 Å². The van der Waals surface area contributed by atoms with E-state index in [2.05, 4.69) is 43.3 Å². The third-order valence-corrected chi connectivity index (χ3v) is 11.1. The molecule has 3 amide bonds. The molecule has 49 heavy (non-hydrogen) atoms. The molecule has 1 aromatic carbocycles. The molecule has 0 unspecified atom stereocenters. The fraction of sp³-hybridized carbons (Fsp3) is 0.559. The standard InChI is InChI=1S/C32H40BrN5O5.C2H2O4/c1-16(2)12-24-29(40)37-11-7-10-25(37)32(42)38(24)30(41)31(43-32,17(3)4)35-28(39)18-13-20-19-8-6-9-22-26(19)21(27(33)34-22)14-23(20)36(5)15-18;3-1(4)2(5)6/h6,8-9,13,16-18,23-25,34,42H,7,10-12,14-15H2,1-5H3,(H,35,39);(H,3,4)(H,5,6)/t18-,23+,24+,25+,31-,32+;/m1./s1. The van der Waals surface area contributed by atoms with Gasteiger partial charge in [0.05, 0.1) is 10.5 Å². The van der Waals surface area contributed by atoms with E-state index in [1.165, 1.54) is 15.8 Å². The molecule has 264 valence electrons. The van der Waals surface area contributed by atoms with Gasteiger partial charge >= 0.3 is 11.9 Å². The Labute approximate surface area is 291 Å². The molecule has 2 aromatic rings. The molecule has 1 aliphatic carbocycles. The molecule has 0 saturated carbocycles. The molecule has 6 atom stereocenters. The van der Waals surface area contributed by atoms with Crippen LogP contribution in [0.1, 0.15) is 58.1 Å². The van der Waals surface area contributed by atoms with Crippen LogP contribution in [0.25, 0.3) is 16.5 Å². The molecular formula is C34H42BrN5O9. The molecular weight excluding hydrogens is 702 g/mol. The van der Waals surface area contributed by atoms with Gasteiger partial charge in [-0.05, 0) is 77.3 Å². The number of aromatic nitrogens is 1. The van der Waals surface area contributed by atoms with Crippen molar-refractivity contribution in [3.63, 3.8) is 0 Å². The maximum atomic E-state index is 14.4. The lowest BCUT2D eigenvalue weighted by Gasteiger charge is -2.49. The van der Waals surface area contributed by atoms with Gasteiger partial charge in [-0.2, -0.15) is 0 Å². The summed E-state index contributed by atoms with van der Waals surface area (Å²) in [6.07, 6.45) is 4.49. The number of rotatable bonds is 5. The second-order valence-corrected chi connectivity index (χ2v) is 15.1. The first-order valence-electron chi connectivity index (χ1n) is 16.6. The van der Waals surface area contributed by atoms with Gasteiger partial charge in [-0.3, -0.25) is 28.9 Å². The van der Waals surface area contributed by atoms with Crippen molar-refractivity contribution in [2.75, 3.05) is 20.1 Å². The molecule has 5 aliphatic rings. The summed E-state index contributed by atoms with van der Waals surface area (Å²) >= 11 is 3.70. The Balaban J connectivity index is 0.000000639. The number of fused-ring (bicyclic) bond motifs is 5. The number of nitrogens with one attached hydrogen (secondary N) is 2. The van der Waals surface area contributed by atoms with Crippen LogP contribution in [-0.4, -0.2) is 115 Å². The van der Waals surface area contributed by atoms with E-state index in [-0.39, 0.29) is 23.8 Å². The molecule has 3 fully saturated rings. The summed E-state index contributed by atoms with van der Waals surface area (Å²) in [7, 11) is 2.03. The summed E-state index contributed by atoms with van der Waals surface area (Å²) in [6.45, 7) is 8.57. The number of likely N-dealkylation sites (N-methyl/N-ethyl adjacent to an activating group) is 1. The van der Waals surface area contributed by atoms with Gasteiger partial charge in [-0.25, -0.2) is 9.59 Å². The van der Waals surface area contributed by atoms with Gasteiger partial charge in [-0.1, -0.05) is 45.9 Å². The van der Waals surface area contributed by atoms with Gasteiger partial charge < -0.3 is 30.5 Å². The number of nitrogens with zero attached hydrogens (tertiary/aromatic N) is 3. The van der Waals surface area contributed by atoms with Crippen molar-refractivity contribution in [1.29, 1.82) is 0 Å². The number of carboxylic acids is 2. The molecule has 5 N–H and O–H groups in total. The van der Waals surface area contributed by atoms with Crippen molar-refractivity contribution < 1.29 is 44.0 Å².